The highest BCUT2D eigenvalue weighted by Crippen LogP contribution is 2.18. The van der Waals surface area contributed by atoms with E-state index in [1.165, 1.54) is 6.07 Å². The Morgan fingerprint density at radius 3 is 2.47 bits per heavy atom. The lowest BCUT2D eigenvalue weighted by atomic mass is 9.98. The molecule has 0 aliphatic carbocycles. The summed E-state index contributed by atoms with van der Waals surface area (Å²) in [6.07, 6.45) is 3.38. The maximum atomic E-state index is 13.7. The van der Waals surface area contributed by atoms with Crippen LogP contribution in [0, 0.1) is 11.7 Å². The van der Waals surface area contributed by atoms with Crippen molar-refractivity contribution in [3.8, 4) is 5.75 Å². The number of likely N-dealkylation sites (tertiary alicyclic amines) is 1. The Morgan fingerprint density at radius 1 is 1.27 bits per heavy atom. The van der Waals surface area contributed by atoms with Gasteiger partial charge in [-0.05, 0) is 44.7 Å². The third-order valence-corrected chi connectivity index (χ3v) is 5.43. The fraction of sp³-hybridized carbons (Fsp3) is 0.636. The van der Waals surface area contributed by atoms with Crippen LogP contribution in [0.2, 0.25) is 0 Å². The highest BCUT2D eigenvalue weighted by atomic mass is 127. The number of guanidine groups is 1. The average Bonchev–Trinajstić information content (AvgIpc) is 2.74. The number of aliphatic imine (C=N–C) groups is 1. The first-order chi connectivity index (χ1) is 14.0. The predicted octanol–water partition coefficient (Wildman–Crippen LogP) is 3.80. The lowest BCUT2D eigenvalue weighted by Gasteiger charge is -2.35. The van der Waals surface area contributed by atoms with Gasteiger partial charge < -0.3 is 20.3 Å². The summed E-state index contributed by atoms with van der Waals surface area (Å²) in [5.41, 5.74) is 0. The molecule has 1 saturated heterocycles. The number of ether oxygens (including phenoxy) is 1. The van der Waals surface area contributed by atoms with Crippen LogP contribution in [-0.2, 0) is 4.79 Å². The lowest BCUT2D eigenvalue weighted by Crippen LogP contribution is -2.51. The molecule has 0 aromatic heterocycles. The number of para-hydroxylation sites is 1. The summed E-state index contributed by atoms with van der Waals surface area (Å²) in [6.45, 7) is 8.09. The van der Waals surface area contributed by atoms with Gasteiger partial charge in [0.05, 0.1) is 6.54 Å². The number of amides is 1. The van der Waals surface area contributed by atoms with Crippen molar-refractivity contribution < 1.29 is 13.9 Å². The van der Waals surface area contributed by atoms with Gasteiger partial charge in [-0.2, -0.15) is 0 Å². The number of carbonyl (C=O) groups is 1. The molecule has 6 nitrogen and oxygen atoms in total. The van der Waals surface area contributed by atoms with Crippen molar-refractivity contribution in [1.82, 2.24) is 15.5 Å². The van der Waals surface area contributed by atoms with Crippen LogP contribution < -0.4 is 15.4 Å². The number of piperidine rings is 1. The molecule has 2 rings (SSSR count). The third-order valence-electron chi connectivity index (χ3n) is 5.43. The molecule has 30 heavy (non-hydrogen) atoms. The zero-order valence-corrected chi connectivity index (χ0v) is 20.8. The van der Waals surface area contributed by atoms with Gasteiger partial charge in [-0.25, -0.2) is 4.39 Å². The summed E-state index contributed by atoms with van der Waals surface area (Å²) in [7, 11) is 1.73. The minimum Gasteiger partial charge on any atom is -0.486 e. The standard InChI is InChI=1S/C22H35FN4O2.HI/c1-5-17(6-2)21(28)27-13-11-18(12-14-27)26-22(24-4)25-15-16(3)29-20-10-8-7-9-19(20)23;/h7-10,16-18H,5-6,11-15H2,1-4H3,(H2,24,25,26);1H. The van der Waals surface area contributed by atoms with Crippen LogP contribution in [0.4, 0.5) is 4.39 Å². The van der Waals surface area contributed by atoms with Crippen LogP contribution in [0.3, 0.4) is 0 Å². The van der Waals surface area contributed by atoms with E-state index >= 15 is 0 Å². The van der Waals surface area contributed by atoms with Crippen LogP contribution in [0.25, 0.3) is 0 Å². The molecule has 2 N–H and O–H groups in total. The Hall–Kier alpha value is -1.58. The second kappa shape index (κ2) is 13.7. The van der Waals surface area contributed by atoms with Gasteiger partial charge in [0.15, 0.2) is 17.5 Å². The quantitative estimate of drug-likeness (QED) is 0.303. The van der Waals surface area contributed by atoms with Gasteiger partial charge in [-0.1, -0.05) is 26.0 Å². The number of halogens is 2. The van der Waals surface area contributed by atoms with E-state index < -0.39 is 0 Å². The summed E-state index contributed by atoms with van der Waals surface area (Å²) in [5.74, 6) is 1.01. The van der Waals surface area contributed by atoms with Crippen LogP contribution in [0.15, 0.2) is 29.3 Å². The smallest absolute Gasteiger partial charge is 0.225 e. The van der Waals surface area contributed by atoms with Crippen molar-refractivity contribution in [2.24, 2.45) is 10.9 Å². The maximum Gasteiger partial charge on any atom is 0.225 e. The highest BCUT2D eigenvalue weighted by Gasteiger charge is 2.26. The minimum atomic E-state index is -0.364. The molecule has 1 aromatic rings. The van der Waals surface area contributed by atoms with E-state index in [-0.39, 0.29) is 59.5 Å². The Bertz CT molecular complexity index is 677. The molecular formula is C22H36FIN4O2. The van der Waals surface area contributed by atoms with Crippen molar-refractivity contribution in [2.75, 3.05) is 26.7 Å². The molecule has 170 valence electrons. The van der Waals surface area contributed by atoms with Gasteiger partial charge in [0.2, 0.25) is 5.91 Å². The van der Waals surface area contributed by atoms with Crippen LogP contribution in [-0.4, -0.2) is 55.6 Å². The van der Waals surface area contributed by atoms with Crippen LogP contribution in [0.1, 0.15) is 46.5 Å². The van der Waals surface area contributed by atoms with E-state index in [2.05, 4.69) is 29.5 Å². The number of carbonyl (C=O) groups excluding carboxylic acids is 1. The molecule has 8 heteroatoms. The summed E-state index contributed by atoms with van der Waals surface area (Å²) in [4.78, 5) is 18.8. The molecule has 0 bridgehead atoms. The first-order valence-corrected chi connectivity index (χ1v) is 10.7. The van der Waals surface area contributed by atoms with Crippen molar-refractivity contribution >= 4 is 35.8 Å². The molecule has 0 radical (unpaired) electrons. The third kappa shape index (κ3) is 7.92. The zero-order chi connectivity index (χ0) is 21.2. The Kier molecular flexibility index (Phi) is 12.1. The number of hydrogen-bond donors (Lipinski definition) is 2. The van der Waals surface area contributed by atoms with Gasteiger partial charge in [-0.15, -0.1) is 24.0 Å². The molecule has 1 fully saturated rings. The van der Waals surface area contributed by atoms with E-state index in [4.69, 9.17) is 4.74 Å². The molecule has 0 spiro atoms. The largest absolute Gasteiger partial charge is 0.486 e. The summed E-state index contributed by atoms with van der Waals surface area (Å²) >= 11 is 0. The van der Waals surface area contributed by atoms with E-state index in [0.717, 1.165) is 38.8 Å². The summed E-state index contributed by atoms with van der Waals surface area (Å²) < 4.78 is 19.3. The van der Waals surface area contributed by atoms with Crippen molar-refractivity contribution in [2.45, 2.75) is 58.6 Å². The minimum absolute atomic E-state index is 0. The molecule has 1 aromatic carbocycles. The second-order valence-electron chi connectivity index (χ2n) is 7.57. The normalized spacial score (nSPS) is 16.1. The van der Waals surface area contributed by atoms with Gasteiger partial charge in [0.25, 0.3) is 0 Å². The molecule has 1 heterocycles. The van der Waals surface area contributed by atoms with Crippen LogP contribution >= 0.6 is 24.0 Å². The number of nitrogens with zero attached hydrogens (tertiary/aromatic N) is 2. The van der Waals surface area contributed by atoms with E-state index in [9.17, 15) is 9.18 Å². The molecule has 1 atom stereocenters. The Labute approximate surface area is 197 Å². The van der Waals surface area contributed by atoms with Crippen molar-refractivity contribution in [1.29, 1.82) is 0 Å². The molecular weight excluding hydrogens is 498 g/mol. The predicted molar refractivity (Wildman–Crippen MR) is 130 cm³/mol. The molecule has 1 unspecified atom stereocenters. The zero-order valence-electron chi connectivity index (χ0n) is 18.5. The SMILES string of the molecule is CCC(CC)C(=O)N1CCC(NC(=NC)NCC(C)Oc2ccccc2F)CC1.I. The topological polar surface area (TPSA) is 66.0 Å². The number of benzene rings is 1. The van der Waals surface area contributed by atoms with Crippen molar-refractivity contribution in [3.63, 3.8) is 0 Å². The number of hydrogen-bond acceptors (Lipinski definition) is 3. The first kappa shape index (κ1) is 26.5. The maximum absolute atomic E-state index is 13.7. The van der Waals surface area contributed by atoms with Gasteiger partial charge in [0, 0.05) is 32.1 Å². The van der Waals surface area contributed by atoms with Crippen LogP contribution in [0.5, 0.6) is 5.75 Å². The number of nitrogens with one attached hydrogen (secondary N) is 2. The Morgan fingerprint density at radius 2 is 1.90 bits per heavy atom. The average molecular weight is 534 g/mol. The lowest BCUT2D eigenvalue weighted by molar-refractivity contribution is -0.136. The highest BCUT2D eigenvalue weighted by molar-refractivity contribution is 14.0. The molecule has 0 saturated carbocycles. The van der Waals surface area contributed by atoms with E-state index in [1.807, 2.05) is 11.8 Å². The second-order valence-corrected chi connectivity index (χ2v) is 7.57. The molecule has 1 aliphatic rings. The van der Waals surface area contributed by atoms with Gasteiger partial charge >= 0.3 is 0 Å². The fourth-order valence-electron chi connectivity index (χ4n) is 3.57. The van der Waals surface area contributed by atoms with Gasteiger partial charge in [0.1, 0.15) is 6.10 Å². The monoisotopic (exact) mass is 534 g/mol. The fourth-order valence-corrected chi connectivity index (χ4v) is 3.57. The van der Waals surface area contributed by atoms with Crippen molar-refractivity contribution in [3.05, 3.63) is 30.1 Å². The number of rotatable bonds is 8. The molecule has 1 aliphatic heterocycles. The molecule has 1 amide bonds. The summed E-state index contributed by atoms with van der Waals surface area (Å²) in [5, 5.41) is 6.66. The summed E-state index contributed by atoms with van der Waals surface area (Å²) in [6, 6.07) is 6.67. The van der Waals surface area contributed by atoms with E-state index in [1.54, 1.807) is 25.2 Å². The Balaban J connectivity index is 0.00000450. The first-order valence-electron chi connectivity index (χ1n) is 10.7. The van der Waals surface area contributed by atoms with E-state index in [0.29, 0.717) is 12.5 Å². The van der Waals surface area contributed by atoms with Gasteiger partial charge in [-0.3, -0.25) is 9.79 Å².